The molecule has 7 heteroatoms. The summed E-state index contributed by atoms with van der Waals surface area (Å²) >= 11 is 0. The predicted octanol–water partition coefficient (Wildman–Crippen LogP) is 8.60. The van der Waals surface area contributed by atoms with Gasteiger partial charge in [0, 0.05) is 6.54 Å². The Hall–Kier alpha value is -2.41. The van der Waals surface area contributed by atoms with Crippen molar-refractivity contribution in [2.45, 2.75) is 112 Å². The Balaban J connectivity index is -0.000000293. The molecule has 0 aliphatic carbocycles. The number of aliphatic carboxylic acids is 1. The van der Waals surface area contributed by atoms with Gasteiger partial charge in [0.05, 0.1) is 23.4 Å². The van der Waals surface area contributed by atoms with Crippen LogP contribution < -0.4 is 0 Å². The molecule has 0 fully saturated rings. The van der Waals surface area contributed by atoms with E-state index in [4.69, 9.17) is 9.47 Å². The number of hydrogen-bond acceptors (Lipinski definition) is 6. The van der Waals surface area contributed by atoms with Crippen molar-refractivity contribution in [2.75, 3.05) is 26.7 Å². The van der Waals surface area contributed by atoms with Crippen LogP contribution in [0.4, 0.5) is 0 Å². The molecule has 0 amide bonds. The average Bonchev–Trinajstić information content (AvgIpc) is 2.74. The molecule has 0 saturated heterocycles. The van der Waals surface area contributed by atoms with Crippen molar-refractivity contribution in [1.29, 1.82) is 0 Å². The van der Waals surface area contributed by atoms with Gasteiger partial charge in [0.1, 0.15) is 6.61 Å². The fourth-order valence-corrected chi connectivity index (χ4v) is 3.77. The van der Waals surface area contributed by atoms with Crippen LogP contribution in [0.1, 0.15) is 111 Å². The van der Waals surface area contributed by atoms with Crippen LogP contribution in [0.15, 0.2) is 30.3 Å². The Bertz CT molecular complexity index is 750. The molecule has 2 unspecified atom stereocenters. The molecule has 0 spiro atoms. The Morgan fingerprint density at radius 1 is 0.923 bits per heavy atom. The van der Waals surface area contributed by atoms with Crippen molar-refractivity contribution in [3.05, 3.63) is 35.9 Å². The third kappa shape index (κ3) is 18.5. The van der Waals surface area contributed by atoms with Gasteiger partial charge in [-0.1, -0.05) is 96.2 Å². The fraction of sp³-hybridized carbons (Fsp3) is 0.719. The van der Waals surface area contributed by atoms with Gasteiger partial charge in [-0.25, -0.2) is 0 Å². The normalized spacial score (nSPS) is 11.9. The second-order valence-electron chi connectivity index (χ2n) is 9.51. The van der Waals surface area contributed by atoms with Crippen LogP contribution in [0.2, 0.25) is 0 Å². The minimum Gasteiger partial charge on any atom is -0.481 e. The van der Waals surface area contributed by atoms with Crippen LogP contribution in [-0.4, -0.2) is 54.7 Å². The molecule has 39 heavy (non-hydrogen) atoms. The van der Waals surface area contributed by atoms with Crippen LogP contribution in [-0.2, 0) is 30.5 Å². The van der Waals surface area contributed by atoms with Crippen molar-refractivity contribution in [3.8, 4) is 0 Å². The van der Waals surface area contributed by atoms with Crippen molar-refractivity contribution in [1.82, 2.24) is 4.90 Å². The number of carboxylic acids is 1. The lowest BCUT2D eigenvalue weighted by atomic mass is 9.70. The highest BCUT2D eigenvalue weighted by Gasteiger charge is 2.44. The van der Waals surface area contributed by atoms with Crippen molar-refractivity contribution < 1.29 is 29.0 Å². The van der Waals surface area contributed by atoms with E-state index in [1.165, 1.54) is 0 Å². The molecule has 0 heterocycles. The third-order valence-electron chi connectivity index (χ3n) is 5.74. The zero-order chi connectivity index (χ0) is 24.4. The number of nitrogens with zero attached hydrogens (tertiary/aromatic N) is 1. The van der Waals surface area contributed by atoms with Gasteiger partial charge in [-0.3, -0.25) is 14.4 Å². The Labute approximate surface area is 243 Å². The third-order valence-corrected chi connectivity index (χ3v) is 5.74. The number of hydrogen-bond donors (Lipinski definition) is 1. The molecule has 7 nitrogen and oxygen atoms in total. The van der Waals surface area contributed by atoms with Gasteiger partial charge >= 0.3 is 17.9 Å². The Morgan fingerprint density at radius 2 is 1.44 bits per heavy atom. The summed E-state index contributed by atoms with van der Waals surface area (Å²) in [7, 11) is 2.00. The summed E-state index contributed by atoms with van der Waals surface area (Å²) in [6, 6.07) is 9.31. The summed E-state index contributed by atoms with van der Waals surface area (Å²) in [4.78, 5) is 39.3. The van der Waals surface area contributed by atoms with E-state index in [9.17, 15) is 19.5 Å². The minimum absolute atomic E-state index is 0. The first-order valence-corrected chi connectivity index (χ1v) is 11.2. The molecule has 1 rings (SSSR count). The number of ether oxygens (including phenoxy) is 2. The number of esters is 2. The van der Waals surface area contributed by atoms with Gasteiger partial charge in [-0.15, -0.1) is 0 Å². The van der Waals surface area contributed by atoms with E-state index < -0.39 is 34.7 Å². The molecule has 236 valence electrons. The lowest BCUT2D eigenvalue weighted by Gasteiger charge is -2.34. The molecule has 2 atom stereocenters. The highest BCUT2D eigenvalue weighted by Crippen LogP contribution is 2.40. The maximum Gasteiger partial charge on any atom is 0.311 e. The summed E-state index contributed by atoms with van der Waals surface area (Å²) in [5, 5.41) is 9.91. The maximum atomic E-state index is 12.7. The number of carboxylic acid groups (broad SMARTS) is 1. The van der Waals surface area contributed by atoms with Gasteiger partial charge < -0.3 is 19.5 Å². The van der Waals surface area contributed by atoms with Crippen LogP contribution in [0.25, 0.3) is 0 Å². The van der Waals surface area contributed by atoms with E-state index in [0.717, 1.165) is 25.1 Å². The van der Waals surface area contributed by atoms with Crippen molar-refractivity contribution in [3.63, 3.8) is 0 Å². The van der Waals surface area contributed by atoms with E-state index >= 15 is 0 Å². The van der Waals surface area contributed by atoms with E-state index in [2.05, 4.69) is 11.8 Å². The van der Waals surface area contributed by atoms with Gasteiger partial charge in [0.15, 0.2) is 0 Å². The smallest absolute Gasteiger partial charge is 0.311 e. The van der Waals surface area contributed by atoms with Gasteiger partial charge in [-0.2, -0.15) is 0 Å². The SMILES string of the molecule is C.C.C.C.C.C.C.CCN(C)CCCOC(=O)C(C)CC(C)(CC(C)(C)C(=O)OCc1ccccc1)C(=O)O. The predicted molar refractivity (Wildman–Crippen MR) is 170 cm³/mol. The van der Waals surface area contributed by atoms with Gasteiger partial charge in [0.25, 0.3) is 0 Å². The molecule has 0 aliphatic heterocycles. The lowest BCUT2D eigenvalue weighted by Crippen LogP contribution is -2.40. The highest BCUT2D eigenvalue weighted by molar-refractivity contribution is 5.80. The topological polar surface area (TPSA) is 93.1 Å². The molecule has 0 radical (unpaired) electrons. The second kappa shape index (κ2) is 24.6. The molecule has 1 N–H and O–H groups in total. The monoisotopic (exact) mass is 561 g/mol. The van der Waals surface area contributed by atoms with E-state index in [1.54, 1.807) is 27.7 Å². The minimum atomic E-state index is -1.28. The number of benzene rings is 1. The standard InChI is InChI=1S/C25H39NO6.7CH4/c1-7-26(6)14-11-15-31-21(27)19(2)16-25(5,22(28)29)18-24(3,4)23(30)32-17-20-12-9-8-10-13-20;;;;;;;/h8-10,12-13,19H,7,11,14-18H2,1-6H3,(H,28,29);7*1H4. The first-order valence-electron chi connectivity index (χ1n) is 11.2. The van der Waals surface area contributed by atoms with Crippen LogP contribution in [0, 0.1) is 16.7 Å². The molecule has 0 aliphatic rings. The van der Waals surface area contributed by atoms with E-state index in [1.807, 2.05) is 37.4 Å². The first kappa shape index (κ1) is 52.9. The van der Waals surface area contributed by atoms with Crippen molar-refractivity contribution >= 4 is 17.9 Å². The summed E-state index contributed by atoms with van der Waals surface area (Å²) in [5.74, 6) is -2.54. The quantitative estimate of drug-likeness (QED) is 0.179. The van der Waals surface area contributed by atoms with Gasteiger partial charge in [0.2, 0.25) is 0 Å². The zero-order valence-electron chi connectivity index (χ0n) is 20.3. The highest BCUT2D eigenvalue weighted by atomic mass is 16.5. The second-order valence-corrected chi connectivity index (χ2v) is 9.51. The molecule has 0 aromatic heterocycles. The summed E-state index contributed by atoms with van der Waals surface area (Å²) in [5.41, 5.74) is -1.45. The molecular formula is C32H67NO6. The Morgan fingerprint density at radius 3 is 1.90 bits per heavy atom. The van der Waals surface area contributed by atoms with E-state index in [-0.39, 0.29) is 71.4 Å². The molecular weight excluding hydrogens is 494 g/mol. The largest absolute Gasteiger partial charge is 0.481 e. The zero-order valence-corrected chi connectivity index (χ0v) is 20.3. The summed E-state index contributed by atoms with van der Waals surface area (Å²) < 4.78 is 10.8. The summed E-state index contributed by atoms with van der Waals surface area (Å²) in [6.45, 7) is 10.8. The molecule has 0 bridgehead atoms. The van der Waals surface area contributed by atoms with Crippen LogP contribution in [0.5, 0.6) is 0 Å². The average molecular weight is 562 g/mol. The maximum absolute atomic E-state index is 12.7. The number of rotatable bonds is 14. The Kier molecular flexibility index (Phi) is 33.4. The molecule has 1 aromatic rings. The van der Waals surface area contributed by atoms with E-state index in [0.29, 0.717) is 6.61 Å². The molecule has 1 aromatic carbocycles. The molecule has 0 saturated carbocycles. The van der Waals surface area contributed by atoms with Crippen molar-refractivity contribution in [2.24, 2.45) is 16.7 Å². The van der Waals surface area contributed by atoms with Crippen LogP contribution in [0.3, 0.4) is 0 Å². The fourth-order valence-electron chi connectivity index (χ4n) is 3.77. The number of carbonyl (C=O) groups excluding carboxylic acids is 2. The summed E-state index contributed by atoms with van der Waals surface area (Å²) in [6.07, 6.45) is 0.840. The lowest BCUT2D eigenvalue weighted by molar-refractivity contribution is -0.162. The van der Waals surface area contributed by atoms with Gasteiger partial charge in [-0.05, 0) is 59.2 Å². The van der Waals surface area contributed by atoms with Crippen LogP contribution >= 0.6 is 0 Å². The number of carbonyl (C=O) groups is 3. The first-order chi connectivity index (χ1) is 14.9.